The molecule has 0 amide bonds. The number of benzene rings is 1. The summed E-state index contributed by atoms with van der Waals surface area (Å²) in [6.45, 7) is 4.24. The highest BCUT2D eigenvalue weighted by atomic mass is 16.3. The minimum absolute atomic E-state index is 0.0732. The summed E-state index contributed by atoms with van der Waals surface area (Å²) in [4.78, 5) is 8.76. The molecule has 5 nitrogen and oxygen atoms in total. The molecule has 124 valence electrons. The van der Waals surface area contributed by atoms with Gasteiger partial charge >= 0.3 is 0 Å². The molecule has 0 saturated heterocycles. The average Bonchev–Trinajstić information content (AvgIpc) is 3.03. The molecule has 0 aliphatic heterocycles. The molecule has 0 spiro atoms. The van der Waals surface area contributed by atoms with Crippen molar-refractivity contribution < 1.29 is 5.11 Å². The molecule has 0 bridgehead atoms. The number of pyridine rings is 1. The zero-order chi connectivity index (χ0) is 17.4. The Morgan fingerprint density at radius 3 is 2.64 bits per heavy atom. The molecule has 0 aliphatic carbocycles. The van der Waals surface area contributed by atoms with E-state index in [1.165, 1.54) is 21.2 Å². The molecule has 25 heavy (non-hydrogen) atoms. The highest BCUT2D eigenvalue weighted by molar-refractivity contribution is 5.64. The Balaban J connectivity index is 1.83. The van der Waals surface area contributed by atoms with Crippen LogP contribution in [0.25, 0.3) is 16.9 Å². The lowest BCUT2D eigenvalue weighted by molar-refractivity contribution is 0.435. The van der Waals surface area contributed by atoms with Gasteiger partial charge in [-0.15, -0.1) is 0 Å². The van der Waals surface area contributed by atoms with Crippen molar-refractivity contribution in [3.63, 3.8) is 0 Å². The van der Waals surface area contributed by atoms with E-state index in [-0.39, 0.29) is 5.88 Å². The van der Waals surface area contributed by atoms with E-state index in [4.69, 9.17) is 4.98 Å². The molecule has 1 N–H and O–H groups in total. The van der Waals surface area contributed by atoms with E-state index in [0.29, 0.717) is 11.3 Å². The van der Waals surface area contributed by atoms with Gasteiger partial charge in [0, 0.05) is 36.0 Å². The third kappa shape index (κ3) is 2.74. The molecule has 0 fully saturated rings. The lowest BCUT2D eigenvalue weighted by Crippen LogP contribution is -1.97. The van der Waals surface area contributed by atoms with Crippen molar-refractivity contribution in [1.29, 1.82) is 0 Å². The molecular weight excluding hydrogens is 312 g/mol. The number of aromatic nitrogens is 4. The third-order valence-electron chi connectivity index (χ3n) is 4.60. The maximum absolute atomic E-state index is 10.3. The Labute approximate surface area is 145 Å². The Hall–Kier alpha value is -3.21. The van der Waals surface area contributed by atoms with Crippen LogP contribution in [0.5, 0.6) is 5.88 Å². The van der Waals surface area contributed by atoms with Gasteiger partial charge in [0.15, 0.2) is 5.65 Å². The summed E-state index contributed by atoms with van der Waals surface area (Å²) < 4.78 is 1.48. The second kappa shape index (κ2) is 6.02. The summed E-state index contributed by atoms with van der Waals surface area (Å²) >= 11 is 0. The van der Waals surface area contributed by atoms with Crippen molar-refractivity contribution in [2.75, 3.05) is 0 Å². The van der Waals surface area contributed by atoms with Crippen molar-refractivity contribution in [3.8, 4) is 17.1 Å². The minimum atomic E-state index is 0.0732. The lowest BCUT2D eigenvalue weighted by atomic mass is 9.98. The van der Waals surface area contributed by atoms with Gasteiger partial charge < -0.3 is 5.11 Å². The second-order valence-corrected chi connectivity index (χ2v) is 6.18. The van der Waals surface area contributed by atoms with Crippen LogP contribution in [0.1, 0.15) is 22.3 Å². The molecule has 1 aromatic carbocycles. The smallest absolute Gasteiger partial charge is 0.216 e. The predicted octanol–water partition coefficient (Wildman–Crippen LogP) is 3.70. The zero-order valence-corrected chi connectivity index (χ0v) is 14.1. The van der Waals surface area contributed by atoms with Crippen LogP contribution >= 0.6 is 0 Å². The molecule has 4 rings (SSSR count). The highest BCUT2D eigenvalue weighted by Gasteiger charge is 2.13. The van der Waals surface area contributed by atoms with Crippen molar-refractivity contribution in [1.82, 2.24) is 19.6 Å². The molecule has 0 atom stereocenters. The van der Waals surface area contributed by atoms with Gasteiger partial charge in [-0.05, 0) is 42.7 Å². The fourth-order valence-corrected chi connectivity index (χ4v) is 3.00. The van der Waals surface area contributed by atoms with Gasteiger partial charge in [-0.3, -0.25) is 4.98 Å². The number of aryl methyl sites for hydroxylation is 1. The first-order chi connectivity index (χ1) is 12.1. The van der Waals surface area contributed by atoms with E-state index in [1.807, 2.05) is 12.1 Å². The largest absolute Gasteiger partial charge is 0.493 e. The molecule has 5 heteroatoms. The van der Waals surface area contributed by atoms with Gasteiger partial charge in [0.2, 0.25) is 5.88 Å². The zero-order valence-electron chi connectivity index (χ0n) is 14.1. The number of aromatic hydroxyl groups is 1. The predicted molar refractivity (Wildman–Crippen MR) is 96.6 cm³/mol. The topological polar surface area (TPSA) is 63.3 Å². The van der Waals surface area contributed by atoms with Crippen LogP contribution in [0.15, 0.2) is 55.0 Å². The van der Waals surface area contributed by atoms with Gasteiger partial charge in [-0.1, -0.05) is 18.2 Å². The Morgan fingerprint density at radius 2 is 1.84 bits per heavy atom. The molecule has 0 unspecified atom stereocenters. The maximum atomic E-state index is 10.3. The molecule has 0 aliphatic rings. The summed E-state index contributed by atoms with van der Waals surface area (Å²) in [5.41, 5.74) is 7.05. The fourth-order valence-electron chi connectivity index (χ4n) is 3.00. The van der Waals surface area contributed by atoms with E-state index in [1.54, 1.807) is 24.7 Å². The van der Waals surface area contributed by atoms with Crippen LogP contribution in [0.3, 0.4) is 0 Å². The fraction of sp³-hybridized carbons (Fsp3) is 0.150. The second-order valence-electron chi connectivity index (χ2n) is 6.18. The van der Waals surface area contributed by atoms with Crippen molar-refractivity contribution in [3.05, 3.63) is 77.2 Å². The number of hydrogen-bond donors (Lipinski definition) is 1. The molecule has 3 heterocycles. The Bertz CT molecular complexity index is 1050. The molecule has 4 aromatic rings. The summed E-state index contributed by atoms with van der Waals surface area (Å²) in [5.74, 6) is 0.0732. The third-order valence-corrected chi connectivity index (χ3v) is 4.60. The van der Waals surface area contributed by atoms with Crippen LogP contribution in [0, 0.1) is 13.8 Å². The van der Waals surface area contributed by atoms with Crippen molar-refractivity contribution in [2.24, 2.45) is 0 Å². The van der Waals surface area contributed by atoms with Crippen LogP contribution in [0.2, 0.25) is 0 Å². The van der Waals surface area contributed by atoms with Crippen LogP contribution in [0.4, 0.5) is 0 Å². The van der Waals surface area contributed by atoms with Gasteiger partial charge in [-0.2, -0.15) is 9.61 Å². The van der Waals surface area contributed by atoms with Gasteiger partial charge in [0.05, 0.1) is 11.9 Å². The first-order valence-electron chi connectivity index (χ1n) is 8.15. The molecule has 3 aromatic heterocycles. The van der Waals surface area contributed by atoms with Crippen molar-refractivity contribution in [2.45, 2.75) is 20.3 Å². The van der Waals surface area contributed by atoms with Crippen LogP contribution in [-0.2, 0) is 6.42 Å². The Morgan fingerprint density at radius 1 is 1.04 bits per heavy atom. The highest BCUT2D eigenvalue weighted by Crippen LogP contribution is 2.25. The van der Waals surface area contributed by atoms with E-state index >= 15 is 0 Å². The van der Waals surface area contributed by atoms with Crippen molar-refractivity contribution >= 4 is 5.65 Å². The summed E-state index contributed by atoms with van der Waals surface area (Å²) in [6.07, 6.45) is 5.93. The average molecular weight is 330 g/mol. The van der Waals surface area contributed by atoms with E-state index in [0.717, 1.165) is 17.5 Å². The monoisotopic (exact) mass is 330 g/mol. The maximum Gasteiger partial charge on any atom is 0.216 e. The van der Waals surface area contributed by atoms with Gasteiger partial charge in [0.1, 0.15) is 0 Å². The SMILES string of the molecule is Cc1cccc(Cc2cnn3c(O)cc(-c4ccncc4)nc23)c1C. The first-order valence-corrected chi connectivity index (χ1v) is 8.15. The molecule has 0 radical (unpaired) electrons. The van der Waals surface area contributed by atoms with Gasteiger partial charge in [0.25, 0.3) is 0 Å². The minimum Gasteiger partial charge on any atom is -0.493 e. The number of rotatable bonds is 3. The first kappa shape index (κ1) is 15.3. The molecular formula is C20H18N4O. The quantitative estimate of drug-likeness (QED) is 0.622. The summed E-state index contributed by atoms with van der Waals surface area (Å²) in [7, 11) is 0. The summed E-state index contributed by atoms with van der Waals surface area (Å²) in [6, 6.07) is 11.7. The normalized spacial score (nSPS) is 11.1. The lowest BCUT2D eigenvalue weighted by Gasteiger charge is -2.08. The van der Waals surface area contributed by atoms with E-state index in [2.05, 4.69) is 42.1 Å². The summed E-state index contributed by atoms with van der Waals surface area (Å²) in [5, 5.41) is 14.6. The Kier molecular flexibility index (Phi) is 3.69. The number of fused-ring (bicyclic) bond motifs is 1. The number of hydrogen-bond acceptors (Lipinski definition) is 4. The molecule has 0 saturated carbocycles. The van der Waals surface area contributed by atoms with E-state index < -0.39 is 0 Å². The van der Waals surface area contributed by atoms with Crippen LogP contribution in [-0.4, -0.2) is 24.7 Å². The van der Waals surface area contributed by atoms with E-state index in [9.17, 15) is 5.11 Å². The van der Waals surface area contributed by atoms with Gasteiger partial charge in [-0.25, -0.2) is 4.98 Å². The van der Waals surface area contributed by atoms with Crippen LogP contribution < -0.4 is 0 Å². The number of nitrogens with zero attached hydrogens (tertiary/aromatic N) is 4. The standard InChI is InChI=1S/C20H18N4O/c1-13-4-3-5-16(14(13)2)10-17-12-22-24-19(25)11-18(23-20(17)24)15-6-8-21-9-7-15/h3-9,11-12,25H,10H2,1-2H3.